The van der Waals surface area contributed by atoms with E-state index in [0.717, 1.165) is 32.6 Å². The number of ether oxygens (including phenoxy) is 1. The van der Waals surface area contributed by atoms with E-state index in [4.69, 9.17) is 9.84 Å². The van der Waals surface area contributed by atoms with Crippen LogP contribution in [0.1, 0.15) is 12.8 Å². The third-order valence-electron chi connectivity index (χ3n) is 1.70. The van der Waals surface area contributed by atoms with Gasteiger partial charge in [0, 0.05) is 19.3 Å². The van der Waals surface area contributed by atoms with E-state index in [1.54, 1.807) is 0 Å². The summed E-state index contributed by atoms with van der Waals surface area (Å²) in [5.74, 6) is 0. The van der Waals surface area contributed by atoms with Crippen molar-refractivity contribution in [2.75, 3.05) is 26.4 Å². The van der Waals surface area contributed by atoms with Crippen molar-refractivity contribution in [3.63, 3.8) is 0 Å². The second-order valence-electron chi connectivity index (χ2n) is 2.59. The topological polar surface area (TPSA) is 41.5 Å². The highest BCUT2D eigenvalue weighted by molar-refractivity contribution is 4.70. The molecule has 60 valence electrons. The Bertz CT molecular complexity index is 81.7. The molecule has 0 saturated carbocycles. The van der Waals surface area contributed by atoms with Gasteiger partial charge in [-0.3, -0.25) is 0 Å². The van der Waals surface area contributed by atoms with Crippen molar-refractivity contribution in [3.05, 3.63) is 0 Å². The van der Waals surface area contributed by atoms with Crippen molar-refractivity contribution in [2.24, 2.45) is 0 Å². The molecule has 0 aromatic rings. The van der Waals surface area contributed by atoms with Gasteiger partial charge in [-0.15, -0.1) is 0 Å². The van der Waals surface area contributed by atoms with Gasteiger partial charge >= 0.3 is 0 Å². The lowest BCUT2D eigenvalue weighted by molar-refractivity contribution is 0.189. The molecule has 3 heteroatoms. The summed E-state index contributed by atoms with van der Waals surface area (Å²) < 4.78 is 5.16. The number of hydrogen-bond acceptors (Lipinski definition) is 3. The van der Waals surface area contributed by atoms with E-state index in [1.165, 1.54) is 0 Å². The molecular weight excluding hydrogens is 130 g/mol. The Morgan fingerprint density at radius 1 is 1.60 bits per heavy atom. The van der Waals surface area contributed by atoms with Gasteiger partial charge in [0.25, 0.3) is 0 Å². The summed E-state index contributed by atoms with van der Waals surface area (Å²) in [5, 5.41) is 11.8. The van der Waals surface area contributed by atoms with E-state index in [1.807, 2.05) is 0 Å². The van der Waals surface area contributed by atoms with Crippen LogP contribution in [-0.2, 0) is 4.74 Å². The third-order valence-corrected chi connectivity index (χ3v) is 1.70. The predicted octanol–water partition coefficient (Wildman–Crippen LogP) is -0.253. The molecule has 0 bridgehead atoms. The number of aliphatic hydroxyl groups is 1. The molecule has 0 amide bonds. The minimum absolute atomic E-state index is 0.278. The Hall–Kier alpha value is -0.120. The maximum Gasteiger partial charge on any atom is 0.0620 e. The summed E-state index contributed by atoms with van der Waals surface area (Å²) in [4.78, 5) is 0. The van der Waals surface area contributed by atoms with Gasteiger partial charge in [-0.05, 0) is 19.4 Å². The molecule has 3 nitrogen and oxygen atoms in total. The fourth-order valence-corrected chi connectivity index (χ4v) is 1.08. The van der Waals surface area contributed by atoms with Crippen LogP contribution in [0.5, 0.6) is 0 Å². The monoisotopic (exact) mass is 145 g/mol. The quantitative estimate of drug-likeness (QED) is 0.536. The van der Waals surface area contributed by atoms with Crippen LogP contribution in [0.15, 0.2) is 0 Å². The van der Waals surface area contributed by atoms with Gasteiger partial charge in [0.1, 0.15) is 0 Å². The molecule has 0 aliphatic carbocycles. The highest BCUT2D eigenvalue weighted by atomic mass is 16.5. The molecule has 1 atom stereocenters. The van der Waals surface area contributed by atoms with Gasteiger partial charge in [0.05, 0.1) is 6.61 Å². The summed E-state index contributed by atoms with van der Waals surface area (Å²) in [5.41, 5.74) is 0. The molecule has 1 saturated heterocycles. The maximum absolute atomic E-state index is 8.47. The molecule has 10 heavy (non-hydrogen) atoms. The van der Waals surface area contributed by atoms with Crippen LogP contribution in [0.3, 0.4) is 0 Å². The van der Waals surface area contributed by atoms with Crippen LogP contribution in [-0.4, -0.2) is 37.5 Å². The van der Waals surface area contributed by atoms with Gasteiger partial charge in [-0.1, -0.05) is 0 Å². The third kappa shape index (κ3) is 2.64. The van der Waals surface area contributed by atoms with Crippen molar-refractivity contribution >= 4 is 0 Å². The van der Waals surface area contributed by atoms with E-state index < -0.39 is 0 Å². The highest BCUT2D eigenvalue weighted by Crippen LogP contribution is 2.02. The van der Waals surface area contributed by atoms with Crippen LogP contribution in [0.25, 0.3) is 0 Å². The molecule has 1 aliphatic rings. The summed E-state index contributed by atoms with van der Waals surface area (Å²) in [7, 11) is 0. The Kier molecular flexibility index (Phi) is 3.72. The molecule has 1 rings (SSSR count). The molecule has 1 unspecified atom stereocenters. The molecule has 0 aromatic heterocycles. The lowest BCUT2D eigenvalue weighted by Gasteiger charge is -2.08. The average molecular weight is 145 g/mol. The van der Waals surface area contributed by atoms with Gasteiger partial charge in [-0.2, -0.15) is 0 Å². The van der Waals surface area contributed by atoms with Crippen LogP contribution in [0.4, 0.5) is 0 Å². The molecular formula is C7H15NO2. The lowest BCUT2D eigenvalue weighted by Crippen LogP contribution is -2.30. The summed E-state index contributed by atoms with van der Waals surface area (Å²) in [6.07, 6.45) is 1.96. The first-order valence-electron chi connectivity index (χ1n) is 3.85. The number of nitrogens with one attached hydrogen (secondary N) is 1. The normalized spacial score (nSPS) is 25.5. The van der Waals surface area contributed by atoms with E-state index in [9.17, 15) is 0 Å². The van der Waals surface area contributed by atoms with Crippen molar-refractivity contribution in [1.82, 2.24) is 5.32 Å². The maximum atomic E-state index is 8.47. The van der Waals surface area contributed by atoms with Crippen LogP contribution >= 0.6 is 0 Å². The van der Waals surface area contributed by atoms with Crippen molar-refractivity contribution in [1.29, 1.82) is 0 Å². The minimum Gasteiger partial charge on any atom is -0.396 e. The SMILES string of the molecule is OCCCNC1CCOC1. The molecule has 0 aromatic carbocycles. The van der Waals surface area contributed by atoms with Crippen molar-refractivity contribution in [3.8, 4) is 0 Å². The molecule has 0 radical (unpaired) electrons. The van der Waals surface area contributed by atoms with Crippen molar-refractivity contribution < 1.29 is 9.84 Å². The molecule has 0 spiro atoms. The fourth-order valence-electron chi connectivity index (χ4n) is 1.08. The molecule has 1 fully saturated rings. The van der Waals surface area contributed by atoms with Gasteiger partial charge in [-0.25, -0.2) is 0 Å². The second kappa shape index (κ2) is 4.66. The Balaban J connectivity index is 1.91. The summed E-state index contributed by atoms with van der Waals surface area (Å²) >= 11 is 0. The fraction of sp³-hybridized carbons (Fsp3) is 1.00. The van der Waals surface area contributed by atoms with E-state index >= 15 is 0 Å². The minimum atomic E-state index is 0.278. The smallest absolute Gasteiger partial charge is 0.0620 e. The van der Waals surface area contributed by atoms with E-state index in [2.05, 4.69) is 5.32 Å². The van der Waals surface area contributed by atoms with Gasteiger partial charge in [0.15, 0.2) is 0 Å². The second-order valence-corrected chi connectivity index (χ2v) is 2.59. The highest BCUT2D eigenvalue weighted by Gasteiger charge is 2.13. The summed E-state index contributed by atoms with van der Waals surface area (Å²) in [6, 6.07) is 0.534. The standard InChI is InChI=1S/C7H15NO2/c9-4-1-3-8-7-2-5-10-6-7/h7-9H,1-6H2. The van der Waals surface area contributed by atoms with Crippen molar-refractivity contribution in [2.45, 2.75) is 18.9 Å². The molecule has 2 N–H and O–H groups in total. The predicted molar refractivity (Wildman–Crippen MR) is 38.9 cm³/mol. The van der Waals surface area contributed by atoms with Gasteiger partial charge in [0.2, 0.25) is 0 Å². The summed E-state index contributed by atoms with van der Waals surface area (Å²) in [6.45, 7) is 2.91. The number of aliphatic hydroxyl groups excluding tert-OH is 1. The van der Waals surface area contributed by atoms with E-state index in [-0.39, 0.29) is 6.61 Å². The largest absolute Gasteiger partial charge is 0.396 e. The Labute approximate surface area is 61.4 Å². The zero-order valence-corrected chi connectivity index (χ0v) is 6.18. The lowest BCUT2D eigenvalue weighted by atomic mass is 10.2. The average Bonchev–Trinajstić information content (AvgIpc) is 2.41. The van der Waals surface area contributed by atoms with Crippen LogP contribution in [0, 0.1) is 0 Å². The first kappa shape index (κ1) is 7.98. The van der Waals surface area contributed by atoms with E-state index in [0.29, 0.717) is 6.04 Å². The number of hydrogen-bond donors (Lipinski definition) is 2. The van der Waals surface area contributed by atoms with Crippen LogP contribution < -0.4 is 5.32 Å². The van der Waals surface area contributed by atoms with Gasteiger partial charge < -0.3 is 15.2 Å². The Morgan fingerprint density at radius 2 is 2.50 bits per heavy atom. The zero-order chi connectivity index (χ0) is 7.23. The van der Waals surface area contributed by atoms with Crippen LogP contribution in [0.2, 0.25) is 0 Å². The Morgan fingerprint density at radius 3 is 3.10 bits per heavy atom. The first-order chi connectivity index (χ1) is 4.93. The molecule has 1 aliphatic heterocycles. The zero-order valence-electron chi connectivity index (χ0n) is 6.18. The first-order valence-corrected chi connectivity index (χ1v) is 3.85. The molecule has 1 heterocycles. The number of rotatable bonds is 4.